The van der Waals surface area contributed by atoms with Crippen LogP contribution in [-0.2, 0) is 13.1 Å². The van der Waals surface area contributed by atoms with Crippen molar-refractivity contribution < 1.29 is 17.7 Å². The first-order chi connectivity index (χ1) is 9.83. The van der Waals surface area contributed by atoms with E-state index in [4.69, 9.17) is 4.52 Å². The van der Waals surface area contributed by atoms with Crippen molar-refractivity contribution in [3.05, 3.63) is 28.3 Å². The summed E-state index contributed by atoms with van der Waals surface area (Å²) in [6, 6.07) is 3.61. The van der Waals surface area contributed by atoms with E-state index in [9.17, 15) is 13.2 Å². The Labute approximate surface area is 124 Å². The number of alkyl halides is 3. The highest BCUT2D eigenvalue weighted by Gasteiger charge is 2.31. The summed E-state index contributed by atoms with van der Waals surface area (Å²) in [5.41, 5.74) is 0. The Morgan fingerprint density at radius 2 is 2.05 bits per heavy atom. The van der Waals surface area contributed by atoms with E-state index < -0.39 is 12.7 Å². The summed E-state index contributed by atoms with van der Waals surface area (Å²) in [6.45, 7) is -0.875. The van der Waals surface area contributed by atoms with Gasteiger partial charge in [-0.25, -0.2) is 0 Å². The van der Waals surface area contributed by atoms with Crippen LogP contribution in [0.2, 0.25) is 0 Å². The summed E-state index contributed by atoms with van der Waals surface area (Å²) < 4.78 is 43.0. The number of aromatic nitrogens is 2. The standard InChI is InChI=1S/C12H15F3N4OS/c1-18(2)11-16-10(20-17-11)7-19(8-12(13,14)15)6-9-4-3-5-21-9/h3-5H,6-8H2,1-2H3. The van der Waals surface area contributed by atoms with E-state index in [0.717, 1.165) is 4.88 Å². The van der Waals surface area contributed by atoms with Crippen molar-refractivity contribution in [1.82, 2.24) is 15.0 Å². The lowest BCUT2D eigenvalue weighted by atomic mass is 10.4. The number of hydrogen-bond acceptors (Lipinski definition) is 6. The van der Waals surface area contributed by atoms with Gasteiger partial charge in [0.15, 0.2) is 0 Å². The third-order valence-corrected chi connectivity index (χ3v) is 3.44. The molecule has 0 amide bonds. The predicted molar refractivity (Wildman–Crippen MR) is 73.1 cm³/mol. The van der Waals surface area contributed by atoms with Gasteiger partial charge in [-0.3, -0.25) is 4.90 Å². The van der Waals surface area contributed by atoms with Crippen LogP contribution in [0.4, 0.5) is 19.1 Å². The molecule has 9 heteroatoms. The minimum absolute atomic E-state index is 0.0434. The molecule has 0 saturated heterocycles. The van der Waals surface area contributed by atoms with E-state index in [1.54, 1.807) is 25.1 Å². The Bertz CT molecular complexity index is 553. The lowest BCUT2D eigenvalue weighted by molar-refractivity contribution is -0.149. The van der Waals surface area contributed by atoms with Crippen LogP contribution in [0.15, 0.2) is 22.0 Å². The minimum Gasteiger partial charge on any atom is -0.344 e. The van der Waals surface area contributed by atoms with E-state index >= 15 is 0 Å². The summed E-state index contributed by atoms with van der Waals surface area (Å²) in [5, 5.41) is 5.53. The van der Waals surface area contributed by atoms with Crippen LogP contribution in [0.1, 0.15) is 10.8 Å². The van der Waals surface area contributed by atoms with Crippen molar-refractivity contribution in [3.8, 4) is 0 Å². The Morgan fingerprint density at radius 3 is 2.57 bits per heavy atom. The van der Waals surface area contributed by atoms with Gasteiger partial charge in [0.2, 0.25) is 5.89 Å². The maximum absolute atomic E-state index is 12.7. The van der Waals surface area contributed by atoms with Crippen LogP contribution in [-0.4, -0.2) is 41.9 Å². The van der Waals surface area contributed by atoms with Crippen molar-refractivity contribution in [2.75, 3.05) is 25.5 Å². The van der Waals surface area contributed by atoms with Gasteiger partial charge in [-0.05, 0) is 16.6 Å². The molecule has 5 nitrogen and oxygen atoms in total. The SMILES string of the molecule is CN(C)c1noc(CN(Cc2cccs2)CC(F)(F)F)n1. The number of nitrogens with zero attached hydrogens (tertiary/aromatic N) is 4. The van der Waals surface area contributed by atoms with E-state index in [-0.39, 0.29) is 19.0 Å². The third kappa shape index (κ3) is 5.01. The smallest absolute Gasteiger partial charge is 0.344 e. The van der Waals surface area contributed by atoms with Crippen molar-refractivity contribution >= 4 is 17.3 Å². The molecule has 0 aromatic carbocycles. The highest BCUT2D eigenvalue weighted by Crippen LogP contribution is 2.21. The molecule has 116 valence electrons. The molecule has 0 aliphatic rings. The highest BCUT2D eigenvalue weighted by molar-refractivity contribution is 7.09. The lowest BCUT2D eigenvalue weighted by Gasteiger charge is -2.21. The predicted octanol–water partition coefficient (Wildman–Crippen LogP) is 2.76. The van der Waals surface area contributed by atoms with Crippen LogP contribution < -0.4 is 4.90 Å². The molecule has 0 spiro atoms. The maximum atomic E-state index is 12.7. The fraction of sp³-hybridized carbons (Fsp3) is 0.500. The zero-order valence-electron chi connectivity index (χ0n) is 11.6. The van der Waals surface area contributed by atoms with Crippen LogP contribution in [0.25, 0.3) is 0 Å². The van der Waals surface area contributed by atoms with Crippen molar-refractivity contribution in [2.45, 2.75) is 19.3 Å². The molecule has 2 heterocycles. The molecule has 0 atom stereocenters. The molecule has 0 aliphatic carbocycles. The van der Waals surface area contributed by atoms with E-state index in [0.29, 0.717) is 5.95 Å². The quantitative estimate of drug-likeness (QED) is 0.819. The Hall–Kier alpha value is -1.61. The van der Waals surface area contributed by atoms with Crippen molar-refractivity contribution in [2.24, 2.45) is 0 Å². The summed E-state index contributed by atoms with van der Waals surface area (Å²) in [5.74, 6) is 0.507. The second-order valence-electron chi connectivity index (χ2n) is 4.72. The molecular weight excluding hydrogens is 305 g/mol. The van der Waals surface area contributed by atoms with Gasteiger partial charge < -0.3 is 9.42 Å². The molecule has 0 bridgehead atoms. The van der Waals surface area contributed by atoms with Crippen LogP contribution in [0.5, 0.6) is 0 Å². The van der Waals surface area contributed by atoms with Gasteiger partial charge >= 0.3 is 6.18 Å². The second kappa shape index (κ2) is 6.44. The summed E-state index contributed by atoms with van der Waals surface area (Å²) in [6.07, 6.45) is -4.28. The van der Waals surface area contributed by atoms with E-state index in [2.05, 4.69) is 10.1 Å². The summed E-state index contributed by atoms with van der Waals surface area (Å²) in [4.78, 5) is 7.76. The van der Waals surface area contributed by atoms with Gasteiger partial charge in [-0.2, -0.15) is 18.2 Å². The molecule has 0 radical (unpaired) electrons. The number of anilines is 1. The zero-order valence-corrected chi connectivity index (χ0v) is 12.4. The topological polar surface area (TPSA) is 45.4 Å². The Morgan fingerprint density at radius 1 is 1.29 bits per heavy atom. The lowest BCUT2D eigenvalue weighted by Crippen LogP contribution is -2.33. The number of hydrogen-bond donors (Lipinski definition) is 0. The molecule has 2 aromatic heterocycles. The fourth-order valence-corrected chi connectivity index (χ4v) is 2.47. The molecule has 2 aromatic rings. The van der Waals surface area contributed by atoms with Gasteiger partial charge in [0.05, 0.1) is 13.1 Å². The van der Waals surface area contributed by atoms with E-state index in [1.165, 1.54) is 16.2 Å². The Kier molecular flexibility index (Phi) is 4.84. The molecule has 0 saturated carbocycles. The second-order valence-corrected chi connectivity index (χ2v) is 5.75. The largest absolute Gasteiger partial charge is 0.401 e. The molecule has 0 N–H and O–H groups in total. The average molecular weight is 320 g/mol. The first kappa shape index (κ1) is 15.8. The number of rotatable bonds is 6. The van der Waals surface area contributed by atoms with Gasteiger partial charge in [0.1, 0.15) is 0 Å². The molecule has 2 rings (SSSR count). The van der Waals surface area contributed by atoms with Gasteiger partial charge in [-0.1, -0.05) is 6.07 Å². The van der Waals surface area contributed by atoms with Crippen LogP contribution in [0, 0.1) is 0 Å². The molecule has 0 fully saturated rings. The number of thiophene rings is 1. The first-order valence-electron chi connectivity index (χ1n) is 6.15. The molecule has 0 unspecified atom stereocenters. The summed E-state index contributed by atoms with van der Waals surface area (Å²) >= 11 is 1.41. The average Bonchev–Trinajstić information content (AvgIpc) is 2.97. The minimum atomic E-state index is -4.28. The molecule has 0 aliphatic heterocycles. The number of halogens is 3. The van der Waals surface area contributed by atoms with Crippen molar-refractivity contribution in [3.63, 3.8) is 0 Å². The van der Waals surface area contributed by atoms with Gasteiger partial charge in [0, 0.05) is 25.5 Å². The third-order valence-electron chi connectivity index (χ3n) is 2.58. The Balaban J connectivity index is 2.07. The van der Waals surface area contributed by atoms with Gasteiger partial charge in [-0.15, -0.1) is 11.3 Å². The van der Waals surface area contributed by atoms with Crippen LogP contribution >= 0.6 is 11.3 Å². The van der Waals surface area contributed by atoms with E-state index in [1.807, 2.05) is 11.4 Å². The first-order valence-corrected chi connectivity index (χ1v) is 7.03. The fourth-order valence-electron chi connectivity index (χ4n) is 1.73. The summed E-state index contributed by atoms with van der Waals surface area (Å²) in [7, 11) is 3.46. The van der Waals surface area contributed by atoms with Gasteiger partial charge in [0.25, 0.3) is 5.95 Å². The molecular formula is C12H15F3N4OS. The van der Waals surface area contributed by atoms with Crippen LogP contribution in [0.3, 0.4) is 0 Å². The maximum Gasteiger partial charge on any atom is 0.401 e. The highest BCUT2D eigenvalue weighted by atomic mass is 32.1. The van der Waals surface area contributed by atoms with Crippen molar-refractivity contribution in [1.29, 1.82) is 0 Å². The molecule has 21 heavy (non-hydrogen) atoms. The monoisotopic (exact) mass is 320 g/mol. The normalized spacial score (nSPS) is 12.1. The zero-order chi connectivity index (χ0) is 15.5.